The van der Waals surface area contributed by atoms with Gasteiger partial charge < -0.3 is 0 Å². The van der Waals surface area contributed by atoms with Crippen molar-refractivity contribution >= 4 is 0 Å². The summed E-state index contributed by atoms with van der Waals surface area (Å²) in [4.78, 5) is 0. The number of rotatable bonds is 2. The van der Waals surface area contributed by atoms with Crippen LogP contribution in [0.5, 0.6) is 0 Å². The Labute approximate surface area is 82.7 Å². The molecule has 0 amide bonds. The lowest BCUT2D eigenvalue weighted by molar-refractivity contribution is 0.479. The first-order valence-electron chi connectivity index (χ1n) is 5.44. The Morgan fingerprint density at radius 1 is 1.31 bits per heavy atom. The van der Waals surface area contributed by atoms with Crippen molar-refractivity contribution in [1.29, 1.82) is 0 Å². The maximum Gasteiger partial charge on any atom is -0.0170 e. The van der Waals surface area contributed by atoms with Crippen molar-refractivity contribution in [2.75, 3.05) is 0 Å². The van der Waals surface area contributed by atoms with E-state index in [1.54, 1.807) is 11.1 Å². The Hall–Kier alpha value is -0.520. The van der Waals surface area contributed by atoms with Crippen LogP contribution in [-0.4, -0.2) is 0 Å². The van der Waals surface area contributed by atoms with Crippen LogP contribution in [0.15, 0.2) is 23.3 Å². The second kappa shape index (κ2) is 4.13. The molecule has 74 valence electrons. The minimum atomic E-state index is 0.368. The van der Waals surface area contributed by atoms with Crippen molar-refractivity contribution in [3.8, 4) is 0 Å². The van der Waals surface area contributed by atoms with Gasteiger partial charge >= 0.3 is 0 Å². The zero-order valence-corrected chi connectivity index (χ0v) is 9.48. The molecule has 1 aliphatic carbocycles. The number of hydrogen-bond acceptors (Lipinski definition) is 0. The molecule has 0 aromatic carbocycles. The molecule has 0 unspecified atom stereocenters. The van der Waals surface area contributed by atoms with Gasteiger partial charge in [-0.15, -0.1) is 0 Å². The molecule has 0 aliphatic heterocycles. The Morgan fingerprint density at radius 3 is 2.54 bits per heavy atom. The van der Waals surface area contributed by atoms with Gasteiger partial charge in [0, 0.05) is 0 Å². The van der Waals surface area contributed by atoms with E-state index in [9.17, 15) is 0 Å². The summed E-state index contributed by atoms with van der Waals surface area (Å²) in [7, 11) is 0. The first-order chi connectivity index (χ1) is 6.04. The Morgan fingerprint density at radius 2 is 2.00 bits per heavy atom. The monoisotopic (exact) mass is 178 g/mol. The SMILES string of the molecule is CCCC1=CCCC(C(C)(C)C)=C1. The van der Waals surface area contributed by atoms with Gasteiger partial charge in [-0.05, 0) is 24.7 Å². The van der Waals surface area contributed by atoms with Crippen LogP contribution in [0.1, 0.15) is 53.4 Å². The van der Waals surface area contributed by atoms with Crippen molar-refractivity contribution in [2.45, 2.75) is 53.4 Å². The van der Waals surface area contributed by atoms with Crippen molar-refractivity contribution in [3.63, 3.8) is 0 Å². The summed E-state index contributed by atoms with van der Waals surface area (Å²) in [6.45, 7) is 9.19. The van der Waals surface area contributed by atoms with Gasteiger partial charge in [0.25, 0.3) is 0 Å². The average Bonchev–Trinajstić information content (AvgIpc) is 2.04. The van der Waals surface area contributed by atoms with E-state index in [1.807, 2.05) is 0 Å². The molecular weight excluding hydrogens is 156 g/mol. The van der Waals surface area contributed by atoms with Crippen molar-refractivity contribution in [3.05, 3.63) is 23.3 Å². The van der Waals surface area contributed by atoms with Gasteiger partial charge in [-0.3, -0.25) is 0 Å². The molecule has 0 N–H and O–H groups in total. The Balaban J connectivity index is 2.73. The highest BCUT2D eigenvalue weighted by Crippen LogP contribution is 2.33. The molecular formula is C13H22. The predicted molar refractivity (Wildman–Crippen MR) is 59.8 cm³/mol. The minimum Gasteiger partial charge on any atom is -0.0810 e. The van der Waals surface area contributed by atoms with Gasteiger partial charge in [-0.1, -0.05) is 57.4 Å². The second-order valence-corrected chi connectivity index (χ2v) is 4.99. The van der Waals surface area contributed by atoms with Crippen LogP contribution in [0, 0.1) is 5.41 Å². The number of hydrogen-bond donors (Lipinski definition) is 0. The van der Waals surface area contributed by atoms with E-state index in [1.165, 1.54) is 25.7 Å². The molecule has 0 aromatic heterocycles. The van der Waals surface area contributed by atoms with Crippen LogP contribution in [0.25, 0.3) is 0 Å². The van der Waals surface area contributed by atoms with E-state index < -0.39 is 0 Å². The highest BCUT2D eigenvalue weighted by atomic mass is 14.2. The molecule has 0 heterocycles. The van der Waals surface area contributed by atoms with Crippen molar-refractivity contribution in [2.24, 2.45) is 5.41 Å². The van der Waals surface area contributed by atoms with E-state index in [0.29, 0.717) is 5.41 Å². The molecule has 0 aromatic rings. The van der Waals surface area contributed by atoms with Gasteiger partial charge in [0.05, 0.1) is 0 Å². The van der Waals surface area contributed by atoms with Crippen LogP contribution in [0.4, 0.5) is 0 Å². The van der Waals surface area contributed by atoms with Gasteiger partial charge in [-0.25, -0.2) is 0 Å². The molecule has 0 spiro atoms. The normalized spacial score (nSPS) is 18.2. The summed E-state index contributed by atoms with van der Waals surface area (Å²) in [5.41, 5.74) is 3.55. The molecule has 0 atom stereocenters. The van der Waals surface area contributed by atoms with E-state index in [2.05, 4.69) is 39.8 Å². The van der Waals surface area contributed by atoms with Gasteiger partial charge in [-0.2, -0.15) is 0 Å². The maximum absolute atomic E-state index is 2.42. The lowest BCUT2D eigenvalue weighted by atomic mass is 9.80. The van der Waals surface area contributed by atoms with Crippen LogP contribution < -0.4 is 0 Å². The van der Waals surface area contributed by atoms with Crippen molar-refractivity contribution in [1.82, 2.24) is 0 Å². The zero-order valence-electron chi connectivity index (χ0n) is 9.48. The van der Waals surface area contributed by atoms with Gasteiger partial charge in [0.1, 0.15) is 0 Å². The van der Waals surface area contributed by atoms with Crippen molar-refractivity contribution < 1.29 is 0 Å². The van der Waals surface area contributed by atoms with E-state index in [4.69, 9.17) is 0 Å². The zero-order chi connectivity index (χ0) is 9.90. The third-order valence-corrected chi connectivity index (χ3v) is 2.68. The third kappa shape index (κ3) is 3.02. The Bertz CT molecular complexity index is 223. The van der Waals surface area contributed by atoms with Crippen LogP contribution in [0.2, 0.25) is 0 Å². The second-order valence-electron chi connectivity index (χ2n) is 4.99. The quantitative estimate of drug-likeness (QED) is 0.585. The molecule has 0 saturated heterocycles. The predicted octanol–water partition coefficient (Wildman–Crippen LogP) is 4.48. The third-order valence-electron chi connectivity index (χ3n) is 2.68. The molecule has 0 fully saturated rings. The standard InChI is InChI=1S/C13H22/c1-5-7-11-8-6-9-12(10-11)13(2,3)4/h8,10H,5-7,9H2,1-4H3. The van der Waals surface area contributed by atoms with E-state index in [-0.39, 0.29) is 0 Å². The summed E-state index contributed by atoms with van der Waals surface area (Å²) in [5, 5.41) is 0. The smallest absolute Gasteiger partial charge is 0.0170 e. The van der Waals surface area contributed by atoms with Crippen LogP contribution in [0.3, 0.4) is 0 Å². The van der Waals surface area contributed by atoms with Gasteiger partial charge in [0.2, 0.25) is 0 Å². The minimum absolute atomic E-state index is 0.368. The van der Waals surface area contributed by atoms with E-state index >= 15 is 0 Å². The molecule has 0 radical (unpaired) electrons. The van der Waals surface area contributed by atoms with Gasteiger partial charge in [0.15, 0.2) is 0 Å². The molecule has 1 rings (SSSR count). The lowest BCUT2D eigenvalue weighted by Crippen LogP contribution is -2.11. The summed E-state index contributed by atoms with van der Waals surface area (Å²) in [5.74, 6) is 0. The first-order valence-corrected chi connectivity index (χ1v) is 5.44. The molecule has 0 nitrogen and oxygen atoms in total. The number of allylic oxidation sites excluding steroid dienone is 4. The van der Waals surface area contributed by atoms with E-state index in [0.717, 1.165) is 0 Å². The first kappa shape index (κ1) is 10.6. The molecule has 13 heavy (non-hydrogen) atoms. The average molecular weight is 178 g/mol. The fourth-order valence-corrected chi connectivity index (χ4v) is 1.82. The summed E-state index contributed by atoms with van der Waals surface area (Å²) >= 11 is 0. The van der Waals surface area contributed by atoms with Crippen LogP contribution >= 0.6 is 0 Å². The maximum atomic E-state index is 2.42. The fourth-order valence-electron chi connectivity index (χ4n) is 1.82. The topological polar surface area (TPSA) is 0 Å². The highest BCUT2D eigenvalue weighted by molar-refractivity contribution is 5.30. The fraction of sp³-hybridized carbons (Fsp3) is 0.692. The highest BCUT2D eigenvalue weighted by Gasteiger charge is 2.18. The molecule has 1 aliphatic rings. The molecule has 0 saturated carbocycles. The summed E-state index contributed by atoms with van der Waals surface area (Å²) < 4.78 is 0. The largest absolute Gasteiger partial charge is 0.0810 e. The lowest BCUT2D eigenvalue weighted by Gasteiger charge is -2.26. The van der Waals surface area contributed by atoms with Crippen LogP contribution in [-0.2, 0) is 0 Å². The molecule has 0 heteroatoms. The summed E-state index contributed by atoms with van der Waals surface area (Å²) in [6, 6.07) is 0. The molecule has 0 bridgehead atoms. The Kier molecular flexibility index (Phi) is 3.35. The summed E-state index contributed by atoms with van der Waals surface area (Å²) in [6.07, 6.45) is 9.85.